The summed E-state index contributed by atoms with van der Waals surface area (Å²) in [5.74, 6) is -0.236. The summed E-state index contributed by atoms with van der Waals surface area (Å²) >= 11 is 3.27. The van der Waals surface area contributed by atoms with Gasteiger partial charge in [-0.25, -0.2) is 0 Å². The molecule has 0 saturated carbocycles. The van der Waals surface area contributed by atoms with Gasteiger partial charge in [-0.05, 0) is 30.3 Å². The quantitative estimate of drug-likeness (QED) is 0.709. The zero-order valence-electron chi connectivity index (χ0n) is 11.6. The molecule has 1 aliphatic heterocycles. The van der Waals surface area contributed by atoms with Gasteiger partial charge in [0, 0.05) is 17.6 Å². The number of hydrogen-bond acceptors (Lipinski definition) is 3. The predicted octanol–water partition coefficient (Wildman–Crippen LogP) is 4.73. The van der Waals surface area contributed by atoms with Crippen LogP contribution in [-0.2, 0) is 0 Å². The number of halogens is 4. The van der Waals surface area contributed by atoms with Gasteiger partial charge in [0.2, 0.25) is 0 Å². The molecule has 8 heteroatoms. The Morgan fingerprint density at radius 3 is 2.52 bits per heavy atom. The van der Waals surface area contributed by atoms with Crippen LogP contribution in [0.4, 0.5) is 18.9 Å². The number of carbonyl (C=O) groups excluding carboxylic acids is 1. The van der Waals surface area contributed by atoms with Gasteiger partial charge in [-0.1, -0.05) is 15.9 Å². The molecule has 120 valence electrons. The highest BCUT2D eigenvalue weighted by molar-refractivity contribution is 9.10. The normalized spacial score (nSPS) is 13.8. The standard InChI is InChI=1S/C15H9BrF3NO3/c1-20-11-7-9(23-15(17,18)19)3-5-13(11)22-12-4-2-8(16)6-10(12)14(20)21/h2-7H,1H3. The number of rotatable bonds is 1. The SMILES string of the molecule is CN1C(=O)c2cc(Br)ccc2Oc2ccc(OC(F)(F)F)cc21. The Bertz CT molecular complexity index is 792. The van der Waals surface area contributed by atoms with E-state index < -0.39 is 18.0 Å². The summed E-state index contributed by atoms with van der Waals surface area (Å²) in [5, 5.41) is 0. The van der Waals surface area contributed by atoms with E-state index >= 15 is 0 Å². The van der Waals surface area contributed by atoms with Gasteiger partial charge in [-0.3, -0.25) is 4.79 Å². The van der Waals surface area contributed by atoms with Crippen LogP contribution in [-0.4, -0.2) is 19.3 Å². The average Bonchev–Trinajstić information content (AvgIpc) is 2.56. The van der Waals surface area contributed by atoms with E-state index in [1.54, 1.807) is 18.2 Å². The van der Waals surface area contributed by atoms with E-state index in [0.29, 0.717) is 15.8 Å². The molecule has 1 amide bonds. The Kier molecular flexibility index (Phi) is 3.71. The number of hydrogen-bond donors (Lipinski definition) is 0. The first-order valence-corrected chi connectivity index (χ1v) is 7.19. The van der Waals surface area contributed by atoms with Crippen molar-refractivity contribution in [3.05, 3.63) is 46.4 Å². The third-order valence-corrected chi connectivity index (χ3v) is 3.72. The van der Waals surface area contributed by atoms with Gasteiger partial charge in [0.1, 0.15) is 11.5 Å². The highest BCUT2D eigenvalue weighted by atomic mass is 79.9. The minimum Gasteiger partial charge on any atom is -0.454 e. The van der Waals surface area contributed by atoms with Gasteiger partial charge < -0.3 is 14.4 Å². The first kappa shape index (κ1) is 15.7. The molecule has 1 heterocycles. The minimum atomic E-state index is -4.81. The van der Waals surface area contributed by atoms with Crippen LogP contribution in [0.15, 0.2) is 40.9 Å². The number of anilines is 1. The van der Waals surface area contributed by atoms with Gasteiger partial charge in [-0.15, -0.1) is 13.2 Å². The first-order valence-electron chi connectivity index (χ1n) is 6.40. The maximum absolute atomic E-state index is 12.5. The lowest BCUT2D eigenvalue weighted by Crippen LogP contribution is -2.25. The summed E-state index contributed by atoms with van der Waals surface area (Å²) in [6, 6.07) is 8.49. The molecule has 0 saturated heterocycles. The molecule has 0 N–H and O–H groups in total. The van der Waals surface area contributed by atoms with Crippen molar-refractivity contribution >= 4 is 27.5 Å². The zero-order valence-corrected chi connectivity index (χ0v) is 13.2. The number of benzene rings is 2. The molecule has 1 aliphatic rings. The Balaban J connectivity index is 2.07. The predicted molar refractivity (Wildman–Crippen MR) is 80.1 cm³/mol. The monoisotopic (exact) mass is 387 g/mol. The van der Waals surface area contributed by atoms with Gasteiger partial charge in [-0.2, -0.15) is 0 Å². The number of amides is 1. The lowest BCUT2D eigenvalue weighted by Gasteiger charge is -2.18. The Labute approximate surface area is 137 Å². The number of carbonyl (C=O) groups is 1. The van der Waals surface area contributed by atoms with E-state index in [0.717, 1.165) is 12.1 Å². The first-order chi connectivity index (χ1) is 10.7. The third-order valence-electron chi connectivity index (χ3n) is 3.22. The van der Waals surface area contributed by atoms with Crippen molar-refractivity contribution < 1.29 is 27.4 Å². The summed E-state index contributed by atoms with van der Waals surface area (Å²) in [6.07, 6.45) is -4.81. The fraction of sp³-hybridized carbons (Fsp3) is 0.133. The van der Waals surface area contributed by atoms with Gasteiger partial charge >= 0.3 is 6.36 Å². The molecule has 2 aromatic rings. The highest BCUT2D eigenvalue weighted by Crippen LogP contribution is 2.41. The van der Waals surface area contributed by atoms with Crippen molar-refractivity contribution in [3.8, 4) is 17.2 Å². The molecular formula is C15H9BrF3NO3. The molecule has 0 atom stereocenters. The van der Waals surface area contributed by atoms with Crippen LogP contribution in [0.1, 0.15) is 10.4 Å². The Morgan fingerprint density at radius 2 is 1.83 bits per heavy atom. The van der Waals surface area contributed by atoms with Crippen LogP contribution in [0.5, 0.6) is 17.2 Å². The second-order valence-electron chi connectivity index (χ2n) is 4.78. The van der Waals surface area contributed by atoms with Crippen molar-refractivity contribution in [2.75, 3.05) is 11.9 Å². The molecule has 2 aromatic carbocycles. The zero-order chi connectivity index (χ0) is 16.8. The number of fused-ring (bicyclic) bond motifs is 2. The molecule has 3 rings (SSSR count). The average molecular weight is 388 g/mol. The van der Waals surface area contributed by atoms with E-state index in [-0.39, 0.29) is 11.4 Å². The summed E-state index contributed by atoms with van der Waals surface area (Å²) in [6.45, 7) is 0. The molecule has 0 fully saturated rings. The van der Waals surface area contributed by atoms with Crippen LogP contribution < -0.4 is 14.4 Å². The number of alkyl halides is 3. The van der Waals surface area contributed by atoms with E-state index in [1.807, 2.05) is 0 Å². The lowest BCUT2D eigenvalue weighted by atomic mass is 10.2. The van der Waals surface area contributed by atoms with Gasteiger partial charge in [0.05, 0.1) is 11.3 Å². The van der Waals surface area contributed by atoms with Gasteiger partial charge in [0.25, 0.3) is 5.91 Å². The molecule has 0 bridgehead atoms. The molecule has 23 heavy (non-hydrogen) atoms. The van der Waals surface area contributed by atoms with Crippen LogP contribution >= 0.6 is 15.9 Å². The number of ether oxygens (including phenoxy) is 2. The fourth-order valence-corrected chi connectivity index (χ4v) is 2.57. The van der Waals surface area contributed by atoms with E-state index in [2.05, 4.69) is 20.7 Å². The maximum Gasteiger partial charge on any atom is 0.573 e. The molecule has 0 unspecified atom stereocenters. The summed E-state index contributed by atoms with van der Waals surface area (Å²) < 4.78 is 47.3. The molecule has 0 spiro atoms. The molecule has 0 aliphatic carbocycles. The van der Waals surface area contributed by atoms with E-state index in [4.69, 9.17) is 4.74 Å². The van der Waals surface area contributed by atoms with Crippen molar-refractivity contribution in [1.82, 2.24) is 0 Å². The summed E-state index contributed by atoms with van der Waals surface area (Å²) in [7, 11) is 1.46. The van der Waals surface area contributed by atoms with Crippen molar-refractivity contribution in [2.24, 2.45) is 0 Å². The van der Waals surface area contributed by atoms with Crippen LogP contribution in [0, 0.1) is 0 Å². The third kappa shape index (κ3) is 3.12. The van der Waals surface area contributed by atoms with E-state index in [9.17, 15) is 18.0 Å². The Hall–Kier alpha value is -2.22. The summed E-state index contributed by atoms with van der Waals surface area (Å²) in [4.78, 5) is 13.7. The Morgan fingerprint density at radius 1 is 1.13 bits per heavy atom. The fourth-order valence-electron chi connectivity index (χ4n) is 2.21. The van der Waals surface area contributed by atoms with Crippen molar-refractivity contribution in [2.45, 2.75) is 6.36 Å². The second-order valence-corrected chi connectivity index (χ2v) is 5.70. The van der Waals surface area contributed by atoms with Crippen LogP contribution in [0.2, 0.25) is 0 Å². The van der Waals surface area contributed by atoms with Crippen LogP contribution in [0.25, 0.3) is 0 Å². The van der Waals surface area contributed by atoms with Crippen molar-refractivity contribution in [1.29, 1.82) is 0 Å². The second kappa shape index (κ2) is 5.45. The maximum atomic E-state index is 12.5. The minimum absolute atomic E-state index is 0.184. The van der Waals surface area contributed by atoms with E-state index in [1.165, 1.54) is 18.0 Å². The molecule has 0 radical (unpaired) electrons. The largest absolute Gasteiger partial charge is 0.573 e. The lowest BCUT2D eigenvalue weighted by molar-refractivity contribution is -0.274. The summed E-state index contributed by atoms with van der Waals surface area (Å²) in [5.41, 5.74) is 0.487. The van der Waals surface area contributed by atoms with Crippen LogP contribution in [0.3, 0.4) is 0 Å². The van der Waals surface area contributed by atoms with Crippen molar-refractivity contribution in [3.63, 3.8) is 0 Å². The number of nitrogens with zero attached hydrogens (tertiary/aromatic N) is 1. The molecular weight excluding hydrogens is 379 g/mol. The van der Waals surface area contributed by atoms with Gasteiger partial charge in [0.15, 0.2) is 5.75 Å². The molecule has 4 nitrogen and oxygen atoms in total. The molecule has 0 aromatic heterocycles. The topological polar surface area (TPSA) is 38.8 Å². The smallest absolute Gasteiger partial charge is 0.454 e. The highest BCUT2D eigenvalue weighted by Gasteiger charge is 2.32.